The molecule has 1 N–H and O–H groups in total. The third-order valence-electron chi connectivity index (χ3n) is 3.13. The minimum absolute atomic E-state index is 0.300. The highest BCUT2D eigenvalue weighted by molar-refractivity contribution is 9.10. The summed E-state index contributed by atoms with van der Waals surface area (Å²) in [6.07, 6.45) is 4.65. The number of hydrogen-bond acceptors (Lipinski definition) is 1. The van der Waals surface area contributed by atoms with E-state index in [-0.39, 0.29) is 5.82 Å². The van der Waals surface area contributed by atoms with Crippen LogP contribution in [0.2, 0.25) is 0 Å². The fraction of sp³-hybridized carbons (Fsp3) is 0.500. The minimum Gasteiger partial charge on any atom is -0.385 e. The lowest BCUT2D eigenvalue weighted by Gasteiger charge is -2.33. The Morgan fingerprint density at radius 3 is 2.53 bits per heavy atom. The Balaban J connectivity index is 2.39. The second-order valence-corrected chi connectivity index (χ2v) is 4.99. The van der Waals surface area contributed by atoms with Gasteiger partial charge in [-0.2, -0.15) is 0 Å². The van der Waals surface area contributed by atoms with E-state index in [1.165, 1.54) is 6.07 Å². The first-order valence-corrected chi connectivity index (χ1v) is 6.10. The zero-order valence-corrected chi connectivity index (χ0v) is 10.1. The molecule has 82 valence electrons. The molecule has 1 nitrogen and oxygen atoms in total. The van der Waals surface area contributed by atoms with Crippen molar-refractivity contribution in [3.63, 3.8) is 0 Å². The predicted octanol–water partition coefficient (Wildman–Crippen LogP) is 3.74. The quantitative estimate of drug-likeness (QED) is 0.826. The van der Waals surface area contributed by atoms with Gasteiger partial charge in [0, 0.05) is 5.56 Å². The summed E-state index contributed by atoms with van der Waals surface area (Å²) >= 11 is 3.22. The van der Waals surface area contributed by atoms with Crippen LogP contribution in [-0.2, 0) is 5.60 Å². The first kappa shape index (κ1) is 11.1. The van der Waals surface area contributed by atoms with Crippen LogP contribution >= 0.6 is 15.9 Å². The molecule has 1 aliphatic rings. The second-order valence-electron chi connectivity index (χ2n) is 4.19. The number of hydrogen-bond donors (Lipinski definition) is 1. The van der Waals surface area contributed by atoms with E-state index >= 15 is 0 Å². The lowest BCUT2D eigenvalue weighted by Crippen LogP contribution is -2.29. The van der Waals surface area contributed by atoms with Gasteiger partial charge in [-0.1, -0.05) is 31.4 Å². The zero-order valence-electron chi connectivity index (χ0n) is 8.47. The number of rotatable bonds is 1. The molecule has 1 aromatic rings. The zero-order chi connectivity index (χ0) is 10.9. The topological polar surface area (TPSA) is 20.2 Å². The molecule has 1 fully saturated rings. The molecule has 3 heteroatoms. The van der Waals surface area contributed by atoms with E-state index in [4.69, 9.17) is 0 Å². The molecule has 0 atom stereocenters. The summed E-state index contributed by atoms with van der Waals surface area (Å²) in [5, 5.41) is 10.5. The molecule has 2 rings (SSSR count). The molecule has 0 saturated heterocycles. The van der Waals surface area contributed by atoms with Crippen molar-refractivity contribution in [1.82, 2.24) is 0 Å². The molecule has 0 bridgehead atoms. The van der Waals surface area contributed by atoms with Crippen LogP contribution in [0.4, 0.5) is 4.39 Å². The Morgan fingerprint density at radius 1 is 1.20 bits per heavy atom. The monoisotopic (exact) mass is 272 g/mol. The van der Waals surface area contributed by atoms with Crippen LogP contribution in [0.15, 0.2) is 22.7 Å². The van der Waals surface area contributed by atoms with Gasteiger partial charge in [0.15, 0.2) is 0 Å². The lowest BCUT2D eigenvalue weighted by atomic mass is 9.80. The van der Waals surface area contributed by atoms with Crippen LogP contribution in [0.1, 0.15) is 37.7 Å². The predicted molar refractivity (Wildman–Crippen MR) is 61.1 cm³/mol. The first-order valence-electron chi connectivity index (χ1n) is 5.30. The molecule has 15 heavy (non-hydrogen) atoms. The Bertz CT molecular complexity index is 359. The van der Waals surface area contributed by atoms with E-state index in [9.17, 15) is 9.50 Å². The maximum Gasteiger partial charge on any atom is 0.137 e. The van der Waals surface area contributed by atoms with Gasteiger partial charge in [-0.15, -0.1) is 0 Å². The number of benzene rings is 1. The van der Waals surface area contributed by atoms with Gasteiger partial charge in [-0.05, 0) is 34.8 Å². The van der Waals surface area contributed by atoms with Crippen molar-refractivity contribution in [3.05, 3.63) is 34.1 Å². The van der Waals surface area contributed by atoms with Crippen molar-refractivity contribution in [1.29, 1.82) is 0 Å². The van der Waals surface area contributed by atoms with Gasteiger partial charge in [0.05, 0.1) is 10.1 Å². The van der Waals surface area contributed by atoms with E-state index in [1.807, 2.05) is 0 Å². The van der Waals surface area contributed by atoms with Gasteiger partial charge in [-0.25, -0.2) is 4.39 Å². The van der Waals surface area contributed by atoms with Crippen molar-refractivity contribution >= 4 is 15.9 Å². The second kappa shape index (κ2) is 4.22. The third-order valence-corrected chi connectivity index (χ3v) is 3.94. The highest BCUT2D eigenvalue weighted by Crippen LogP contribution is 2.40. The van der Waals surface area contributed by atoms with Crippen LogP contribution in [0.25, 0.3) is 0 Å². The van der Waals surface area contributed by atoms with E-state index in [0.717, 1.165) is 32.1 Å². The highest BCUT2D eigenvalue weighted by Gasteiger charge is 2.33. The van der Waals surface area contributed by atoms with Crippen molar-refractivity contribution in [2.75, 3.05) is 0 Å². The van der Waals surface area contributed by atoms with E-state index in [1.54, 1.807) is 12.1 Å². The largest absolute Gasteiger partial charge is 0.385 e. The molecule has 1 saturated carbocycles. The van der Waals surface area contributed by atoms with E-state index in [0.29, 0.717) is 10.0 Å². The molecule has 0 spiro atoms. The van der Waals surface area contributed by atoms with Crippen LogP contribution in [-0.4, -0.2) is 5.11 Å². The molecule has 0 aromatic heterocycles. The van der Waals surface area contributed by atoms with Crippen LogP contribution in [0.5, 0.6) is 0 Å². The summed E-state index contributed by atoms with van der Waals surface area (Å²) in [6.45, 7) is 0. The summed E-state index contributed by atoms with van der Waals surface area (Å²) in [6, 6.07) is 4.86. The van der Waals surface area contributed by atoms with Gasteiger partial charge in [0.25, 0.3) is 0 Å². The smallest absolute Gasteiger partial charge is 0.137 e. The Hall–Kier alpha value is -0.410. The average Bonchev–Trinajstić information content (AvgIpc) is 2.23. The van der Waals surface area contributed by atoms with Gasteiger partial charge in [-0.3, -0.25) is 0 Å². The highest BCUT2D eigenvalue weighted by atomic mass is 79.9. The maximum atomic E-state index is 13.3. The van der Waals surface area contributed by atoms with E-state index in [2.05, 4.69) is 15.9 Å². The molecule has 1 aromatic carbocycles. The molecular formula is C12H14BrFO. The first-order chi connectivity index (χ1) is 7.13. The Morgan fingerprint density at radius 2 is 1.87 bits per heavy atom. The molecule has 0 amide bonds. The van der Waals surface area contributed by atoms with Crippen LogP contribution < -0.4 is 0 Å². The molecule has 0 aliphatic heterocycles. The molecular weight excluding hydrogens is 259 g/mol. The van der Waals surface area contributed by atoms with Crippen molar-refractivity contribution in [2.45, 2.75) is 37.7 Å². The van der Waals surface area contributed by atoms with Gasteiger partial charge in [0.1, 0.15) is 5.82 Å². The molecule has 1 aliphatic carbocycles. The average molecular weight is 273 g/mol. The Labute approximate surface area is 97.4 Å². The molecule has 0 radical (unpaired) electrons. The van der Waals surface area contributed by atoms with Crippen LogP contribution in [0.3, 0.4) is 0 Å². The summed E-state index contributed by atoms with van der Waals surface area (Å²) in [5.41, 5.74) is -0.138. The molecule has 0 unspecified atom stereocenters. The van der Waals surface area contributed by atoms with Crippen molar-refractivity contribution in [2.24, 2.45) is 0 Å². The summed E-state index contributed by atoms with van der Waals surface area (Å²) in [5.74, 6) is -0.300. The standard InChI is InChI=1S/C12H14BrFO/c13-11-9(5-4-6-10(11)14)12(15)7-2-1-3-8-12/h4-6,15H,1-3,7-8H2. The van der Waals surface area contributed by atoms with Crippen molar-refractivity contribution < 1.29 is 9.50 Å². The van der Waals surface area contributed by atoms with Crippen LogP contribution in [0, 0.1) is 5.82 Å². The van der Waals surface area contributed by atoms with Gasteiger partial charge >= 0.3 is 0 Å². The Kier molecular flexibility index (Phi) is 3.12. The lowest BCUT2D eigenvalue weighted by molar-refractivity contribution is -0.00159. The fourth-order valence-electron chi connectivity index (χ4n) is 2.27. The minimum atomic E-state index is -0.834. The SMILES string of the molecule is OC1(c2cccc(F)c2Br)CCCCC1. The normalized spacial score (nSPS) is 20.2. The summed E-state index contributed by atoms with van der Waals surface area (Å²) in [4.78, 5) is 0. The summed E-state index contributed by atoms with van der Waals surface area (Å²) in [7, 11) is 0. The number of halogens is 2. The van der Waals surface area contributed by atoms with Gasteiger partial charge < -0.3 is 5.11 Å². The number of aliphatic hydroxyl groups is 1. The molecule has 0 heterocycles. The van der Waals surface area contributed by atoms with Crippen molar-refractivity contribution in [3.8, 4) is 0 Å². The van der Waals surface area contributed by atoms with E-state index < -0.39 is 5.60 Å². The fourth-order valence-corrected chi connectivity index (χ4v) is 2.90. The third kappa shape index (κ3) is 2.08. The van der Waals surface area contributed by atoms with Gasteiger partial charge in [0.2, 0.25) is 0 Å². The summed E-state index contributed by atoms with van der Waals surface area (Å²) < 4.78 is 13.8. The maximum absolute atomic E-state index is 13.3.